The predicted octanol–water partition coefficient (Wildman–Crippen LogP) is 3.82. The molecule has 1 aliphatic carbocycles. The number of benzene rings is 2. The van der Waals surface area contributed by atoms with E-state index in [9.17, 15) is 19.2 Å². The molecule has 2 aliphatic heterocycles. The van der Waals surface area contributed by atoms with Crippen molar-refractivity contribution in [3.05, 3.63) is 64.7 Å². The van der Waals surface area contributed by atoms with Crippen molar-refractivity contribution in [3.8, 4) is 0 Å². The minimum absolute atomic E-state index is 0.0996. The Balaban J connectivity index is 1.34. The monoisotopic (exact) mass is 560 g/mol. The quantitative estimate of drug-likeness (QED) is 0.578. The molecule has 218 valence electrons. The van der Waals surface area contributed by atoms with E-state index < -0.39 is 35.7 Å². The Hall–Kier alpha value is -3.88. The first-order valence-electron chi connectivity index (χ1n) is 14.5. The van der Waals surface area contributed by atoms with Crippen LogP contribution in [0, 0.1) is 0 Å². The van der Waals surface area contributed by atoms with Crippen LogP contribution < -0.4 is 15.5 Å². The molecule has 0 radical (unpaired) electrons. The second kappa shape index (κ2) is 11.2. The predicted molar refractivity (Wildman–Crippen MR) is 155 cm³/mol. The van der Waals surface area contributed by atoms with Crippen LogP contribution in [0.5, 0.6) is 0 Å². The van der Waals surface area contributed by atoms with E-state index in [4.69, 9.17) is 4.74 Å². The molecule has 5 rings (SSSR count). The minimum atomic E-state index is -0.858. The van der Waals surface area contributed by atoms with Crippen LogP contribution >= 0.6 is 0 Å². The maximum Gasteiger partial charge on any atom is 0.410 e. The van der Waals surface area contributed by atoms with Gasteiger partial charge in [0.1, 0.15) is 23.7 Å². The van der Waals surface area contributed by atoms with Gasteiger partial charge in [0.2, 0.25) is 17.7 Å². The molecule has 0 spiro atoms. The first-order chi connectivity index (χ1) is 19.4. The van der Waals surface area contributed by atoms with Crippen LogP contribution in [0.25, 0.3) is 0 Å². The fraction of sp³-hybridized carbons (Fsp3) is 0.500. The van der Waals surface area contributed by atoms with Crippen LogP contribution in [0.2, 0.25) is 0 Å². The highest BCUT2D eigenvalue weighted by Crippen LogP contribution is 2.39. The Morgan fingerprint density at radius 2 is 1.66 bits per heavy atom. The highest BCUT2D eigenvalue weighted by molar-refractivity contribution is 6.08. The molecule has 9 heteroatoms. The van der Waals surface area contributed by atoms with Crippen molar-refractivity contribution in [1.29, 1.82) is 0 Å². The first kappa shape index (κ1) is 28.6. The van der Waals surface area contributed by atoms with E-state index in [0.717, 1.165) is 41.6 Å². The van der Waals surface area contributed by atoms with Crippen molar-refractivity contribution in [3.63, 3.8) is 0 Å². The van der Waals surface area contributed by atoms with Crippen molar-refractivity contribution < 1.29 is 23.9 Å². The second-order valence-corrected chi connectivity index (χ2v) is 12.4. The molecule has 4 unspecified atom stereocenters. The number of carbonyl (C=O) groups is 4. The van der Waals surface area contributed by atoms with Gasteiger partial charge >= 0.3 is 6.09 Å². The van der Waals surface area contributed by atoms with Crippen LogP contribution in [0.15, 0.2) is 42.5 Å². The molecule has 2 aromatic carbocycles. The number of hydrogen-bond acceptors (Lipinski definition) is 5. The number of fused-ring (bicyclic) bond motifs is 1. The van der Waals surface area contributed by atoms with Gasteiger partial charge in [0, 0.05) is 13.5 Å². The van der Waals surface area contributed by atoms with E-state index in [1.165, 1.54) is 17.5 Å². The number of nitrogens with one attached hydrogen (secondary N) is 2. The molecule has 3 aliphatic rings. The summed E-state index contributed by atoms with van der Waals surface area (Å²) in [7, 11) is 1.50. The largest absolute Gasteiger partial charge is 0.444 e. The summed E-state index contributed by atoms with van der Waals surface area (Å²) in [5.41, 5.74) is 4.43. The standard InChI is InChI=1S/C32H40N4O5/c1-19(35(5)31(40)41-32(2,3)4)28(37)34-25-17-16-21-12-8-13-22-18-26(36(27(21)22)30(25)39)29(38)33-24-15-9-11-20-10-6-7-14-23(20)24/h6-8,10,12-14,19,24-26H,9,11,15-18H2,1-5H3,(H,33,38)(H,34,37). The van der Waals surface area contributed by atoms with Gasteiger partial charge in [-0.15, -0.1) is 0 Å². The van der Waals surface area contributed by atoms with Gasteiger partial charge in [0.05, 0.1) is 11.7 Å². The maximum absolute atomic E-state index is 14.1. The fourth-order valence-electron chi connectivity index (χ4n) is 6.11. The van der Waals surface area contributed by atoms with Crippen LogP contribution in [-0.2, 0) is 38.4 Å². The number of ether oxygens (including phenoxy) is 1. The van der Waals surface area contributed by atoms with Crippen molar-refractivity contribution in [2.24, 2.45) is 0 Å². The Kier molecular flexibility index (Phi) is 7.81. The third-order valence-electron chi connectivity index (χ3n) is 8.35. The molecule has 2 aromatic rings. The maximum atomic E-state index is 14.1. The molecule has 4 amide bonds. The third-order valence-corrected chi connectivity index (χ3v) is 8.35. The molecule has 0 fully saturated rings. The number of carbonyl (C=O) groups excluding carboxylic acids is 4. The third kappa shape index (κ3) is 5.80. The average Bonchev–Trinajstić information content (AvgIpc) is 3.27. The van der Waals surface area contributed by atoms with E-state index in [1.807, 2.05) is 30.3 Å². The minimum Gasteiger partial charge on any atom is -0.444 e. The van der Waals surface area contributed by atoms with Gasteiger partial charge in [-0.3, -0.25) is 24.2 Å². The molecule has 0 bridgehead atoms. The Morgan fingerprint density at radius 3 is 2.41 bits per heavy atom. The number of likely N-dealkylation sites (N-methyl/N-ethyl adjacent to an activating group) is 1. The van der Waals surface area contributed by atoms with Gasteiger partial charge in [-0.25, -0.2) is 4.79 Å². The van der Waals surface area contributed by atoms with Gasteiger partial charge in [-0.05, 0) is 82.1 Å². The van der Waals surface area contributed by atoms with Gasteiger partial charge in [0.25, 0.3) is 0 Å². The van der Waals surface area contributed by atoms with E-state index in [0.29, 0.717) is 19.3 Å². The van der Waals surface area contributed by atoms with Crippen molar-refractivity contribution in [1.82, 2.24) is 15.5 Å². The van der Waals surface area contributed by atoms with Gasteiger partial charge < -0.3 is 15.4 Å². The van der Waals surface area contributed by atoms with Crippen molar-refractivity contribution in [2.45, 2.75) is 96.0 Å². The highest BCUT2D eigenvalue weighted by atomic mass is 16.6. The number of anilines is 1. The lowest BCUT2D eigenvalue weighted by Crippen LogP contribution is -2.57. The number of amides is 4. The molecule has 0 saturated heterocycles. The summed E-state index contributed by atoms with van der Waals surface area (Å²) in [4.78, 5) is 56.5. The molecular formula is C32H40N4O5. The summed E-state index contributed by atoms with van der Waals surface area (Å²) in [6, 6.07) is 11.6. The molecule has 0 saturated carbocycles. The summed E-state index contributed by atoms with van der Waals surface area (Å²) in [6.07, 6.45) is 3.61. The van der Waals surface area contributed by atoms with Crippen molar-refractivity contribution in [2.75, 3.05) is 11.9 Å². The Morgan fingerprint density at radius 1 is 0.951 bits per heavy atom. The number of aryl methyl sites for hydroxylation is 2. The normalized spacial score (nSPS) is 22.1. The molecular weight excluding hydrogens is 520 g/mol. The molecule has 41 heavy (non-hydrogen) atoms. The van der Waals surface area contributed by atoms with E-state index >= 15 is 0 Å². The summed E-state index contributed by atoms with van der Waals surface area (Å²) in [5, 5.41) is 6.11. The zero-order valence-electron chi connectivity index (χ0n) is 24.5. The van der Waals surface area contributed by atoms with E-state index in [1.54, 1.807) is 32.6 Å². The fourth-order valence-corrected chi connectivity index (χ4v) is 6.11. The van der Waals surface area contributed by atoms with Crippen LogP contribution in [0.1, 0.15) is 75.3 Å². The lowest BCUT2D eigenvalue weighted by molar-refractivity contribution is -0.131. The summed E-state index contributed by atoms with van der Waals surface area (Å²) in [5.74, 6) is -0.951. The van der Waals surface area contributed by atoms with Crippen LogP contribution in [0.3, 0.4) is 0 Å². The molecule has 9 nitrogen and oxygen atoms in total. The summed E-state index contributed by atoms with van der Waals surface area (Å²) in [6.45, 7) is 6.88. The van der Waals surface area contributed by atoms with Crippen LogP contribution in [0.4, 0.5) is 10.5 Å². The van der Waals surface area contributed by atoms with Gasteiger partial charge in [-0.1, -0.05) is 42.5 Å². The van der Waals surface area contributed by atoms with Gasteiger partial charge in [-0.2, -0.15) is 0 Å². The summed E-state index contributed by atoms with van der Waals surface area (Å²) >= 11 is 0. The first-order valence-corrected chi connectivity index (χ1v) is 14.5. The lowest BCUT2D eigenvalue weighted by atomic mass is 9.87. The molecule has 2 heterocycles. The Bertz CT molecular complexity index is 1370. The number of hydrogen-bond donors (Lipinski definition) is 2. The smallest absolute Gasteiger partial charge is 0.410 e. The average molecular weight is 561 g/mol. The SMILES string of the molecule is CC(C(=O)NC1CCc2cccc3c2N(C1=O)C(C(=O)NC1CCCc2ccccc21)C3)N(C)C(=O)OC(C)(C)C. The Labute approximate surface area is 241 Å². The number of para-hydroxylation sites is 1. The molecule has 0 aromatic heterocycles. The topological polar surface area (TPSA) is 108 Å². The lowest BCUT2D eigenvalue weighted by Gasteiger charge is -2.32. The highest BCUT2D eigenvalue weighted by Gasteiger charge is 2.45. The number of nitrogens with zero attached hydrogens (tertiary/aromatic N) is 2. The van der Waals surface area contributed by atoms with Crippen LogP contribution in [-0.4, -0.2) is 59.5 Å². The zero-order chi connectivity index (χ0) is 29.5. The zero-order valence-corrected chi connectivity index (χ0v) is 24.5. The summed E-state index contributed by atoms with van der Waals surface area (Å²) < 4.78 is 5.40. The van der Waals surface area contributed by atoms with E-state index in [-0.39, 0.29) is 17.9 Å². The molecule has 4 atom stereocenters. The van der Waals surface area contributed by atoms with Crippen molar-refractivity contribution >= 4 is 29.5 Å². The second-order valence-electron chi connectivity index (χ2n) is 12.4. The molecule has 2 N–H and O–H groups in total. The number of rotatable bonds is 5. The van der Waals surface area contributed by atoms with Gasteiger partial charge in [0.15, 0.2) is 0 Å². The van der Waals surface area contributed by atoms with E-state index in [2.05, 4.69) is 22.8 Å².